The summed E-state index contributed by atoms with van der Waals surface area (Å²) in [4.78, 5) is 41.4. The average molecular weight is 544 g/mol. The number of likely N-dealkylation sites (tertiary alicyclic amines) is 1. The van der Waals surface area contributed by atoms with Crippen LogP contribution in [0.5, 0.6) is 0 Å². The molecule has 2 fully saturated rings. The molecule has 9 nitrogen and oxygen atoms in total. The first-order valence-corrected chi connectivity index (χ1v) is 14.8. The number of rotatable bonds is 8. The van der Waals surface area contributed by atoms with Crippen molar-refractivity contribution < 1.29 is 27.5 Å². The third-order valence-electron chi connectivity index (χ3n) is 8.04. The molecule has 1 aliphatic carbocycles. The molecule has 0 aromatic rings. The van der Waals surface area contributed by atoms with Crippen LogP contribution in [0.2, 0.25) is 0 Å². The number of piperidine rings is 1. The van der Waals surface area contributed by atoms with Gasteiger partial charge in [-0.2, -0.15) is 0 Å². The molecule has 0 radical (unpaired) electrons. The number of nitrogens with zero attached hydrogens (tertiary/aromatic N) is 1. The van der Waals surface area contributed by atoms with Gasteiger partial charge in [-0.25, -0.2) is 18.0 Å². The first-order chi connectivity index (χ1) is 16.5. The molecule has 0 aromatic carbocycles. The van der Waals surface area contributed by atoms with E-state index in [0.717, 1.165) is 0 Å². The third-order valence-corrected chi connectivity index (χ3v) is 10.9. The lowest BCUT2D eigenvalue weighted by Crippen LogP contribution is -2.62. The van der Waals surface area contributed by atoms with E-state index in [0.29, 0.717) is 13.0 Å². The molecule has 1 saturated heterocycles. The van der Waals surface area contributed by atoms with Crippen LogP contribution in [-0.2, 0) is 24.2 Å². The highest BCUT2D eigenvalue weighted by atomic mass is 32.2. The van der Waals surface area contributed by atoms with Gasteiger partial charge in [0.25, 0.3) is 0 Å². The van der Waals surface area contributed by atoms with Gasteiger partial charge in [-0.05, 0) is 56.8 Å². The van der Waals surface area contributed by atoms with E-state index in [2.05, 4.69) is 24.5 Å². The van der Waals surface area contributed by atoms with E-state index in [1.807, 2.05) is 34.6 Å². The van der Waals surface area contributed by atoms with Crippen molar-refractivity contribution in [1.29, 1.82) is 0 Å². The van der Waals surface area contributed by atoms with Gasteiger partial charge in [-0.3, -0.25) is 4.79 Å². The molecule has 0 aromatic heterocycles. The van der Waals surface area contributed by atoms with E-state index in [9.17, 15) is 22.8 Å². The fourth-order valence-corrected chi connectivity index (χ4v) is 7.30. The second kappa shape index (κ2) is 10.0. The number of ether oxygens (including phenoxy) is 1. The molecule has 5 atom stereocenters. The van der Waals surface area contributed by atoms with Crippen LogP contribution in [0.4, 0.5) is 4.79 Å². The van der Waals surface area contributed by atoms with Crippen molar-refractivity contribution in [2.24, 2.45) is 28.6 Å². The van der Waals surface area contributed by atoms with Gasteiger partial charge in [-0.1, -0.05) is 48.5 Å². The van der Waals surface area contributed by atoms with Crippen LogP contribution in [0, 0.1) is 28.6 Å². The number of sulfone groups is 1. The third kappa shape index (κ3) is 6.60. The molecule has 2 aliphatic rings. The van der Waals surface area contributed by atoms with Gasteiger partial charge in [0.2, 0.25) is 5.91 Å². The number of esters is 1. The van der Waals surface area contributed by atoms with E-state index in [4.69, 9.17) is 4.74 Å². The Morgan fingerprint density at radius 2 is 1.59 bits per heavy atom. The van der Waals surface area contributed by atoms with Crippen molar-refractivity contribution in [3.63, 3.8) is 0 Å². The Morgan fingerprint density at radius 3 is 2.03 bits per heavy atom. The number of hydrogen-bond acceptors (Lipinski definition) is 6. The average Bonchev–Trinajstić information content (AvgIpc) is 3.03. The molecule has 2 rings (SSSR count). The van der Waals surface area contributed by atoms with Crippen LogP contribution < -0.4 is 10.6 Å². The number of carbonyl (C=O) groups is 3. The van der Waals surface area contributed by atoms with Crippen LogP contribution in [-0.4, -0.2) is 73.0 Å². The zero-order chi connectivity index (χ0) is 28.9. The Kier molecular flexibility index (Phi) is 8.52. The van der Waals surface area contributed by atoms with E-state index >= 15 is 0 Å². The zero-order valence-electron chi connectivity index (χ0n) is 24.8. The fourth-order valence-electron chi connectivity index (χ4n) is 5.84. The summed E-state index contributed by atoms with van der Waals surface area (Å²) < 4.78 is 30.1. The van der Waals surface area contributed by atoms with Gasteiger partial charge in [0.15, 0.2) is 9.84 Å². The lowest BCUT2D eigenvalue weighted by molar-refractivity contribution is -0.154. The van der Waals surface area contributed by atoms with Crippen LogP contribution in [0.1, 0.15) is 82.6 Å². The van der Waals surface area contributed by atoms with Crippen LogP contribution in [0.15, 0.2) is 0 Å². The quantitative estimate of drug-likeness (QED) is 0.453. The number of carbonyl (C=O) groups excluding carboxylic acids is 3. The first kappa shape index (κ1) is 31.4. The summed E-state index contributed by atoms with van der Waals surface area (Å²) in [5.74, 6) is -0.657. The molecule has 37 heavy (non-hydrogen) atoms. The minimum absolute atomic E-state index is 0.0234. The largest absolute Gasteiger partial charge is 0.467 e. The highest BCUT2D eigenvalue weighted by molar-refractivity contribution is 7.92. The summed E-state index contributed by atoms with van der Waals surface area (Å²) >= 11 is 0. The van der Waals surface area contributed by atoms with Crippen molar-refractivity contribution in [3.8, 4) is 0 Å². The van der Waals surface area contributed by atoms with Gasteiger partial charge in [0.05, 0.1) is 23.1 Å². The number of fused-ring (bicyclic) bond motifs is 1. The molecular weight excluding hydrogens is 494 g/mol. The van der Waals surface area contributed by atoms with Gasteiger partial charge in [0.1, 0.15) is 12.1 Å². The van der Waals surface area contributed by atoms with E-state index < -0.39 is 49.6 Å². The highest BCUT2D eigenvalue weighted by Crippen LogP contribution is 2.65. The Hall–Kier alpha value is -1.84. The van der Waals surface area contributed by atoms with E-state index in [1.54, 1.807) is 32.6 Å². The normalized spacial score (nSPS) is 25.6. The Labute approximate surface area is 223 Å². The number of urea groups is 1. The summed E-state index contributed by atoms with van der Waals surface area (Å²) in [7, 11) is -2.21. The fraction of sp³-hybridized carbons (Fsp3) is 0.889. The smallest absolute Gasteiger partial charge is 0.328 e. The summed E-state index contributed by atoms with van der Waals surface area (Å²) in [5, 5.41) is 5.71. The molecular formula is C27H49N3O6S. The monoisotopic (exact) mass is 543 g/mol. The molecule has 3 amide bonds. The van der Waals surface area contributed by atoms with E-state index in [-0.39, 0.29) is 34.8 Å². The van der Waals surface area contributed by atoms with Gasteiger partial charge >= 0.3 is 12.0 Å². The number of methoxy groups -OCH3 is 1. The van der Waals surface area contributed by atoms with Gasteiger partial charge < -0.3 is 20.3 Å². The minimum Gasteiger partial charge on any atom is -0.467 e. The summed E-state index contributed by atoms with van der Waals surface area (Å²) in [6.07, 6.45) is 0.443. The lowest BCUT2D eigenvalue weighted by Gasteiger charge is -2.39. The van der Waals surface area contributed by atoms with Gasteiger partial charge in [0, 0.05) is 12.5 Å². The standard InChI is InChI=1S/C27H49N3O6S/c1-16(2)13-27(11,15-37(34,35)25(6,7)8)29-23(33)28-20(24(3,4)5)21(31)30-14-17-18(26(17,9)10)19(30)22(32)36-12/h16-20H,13-15H2,1-12H3,(H2,28,29,33)/t17?,18-,19-,20?,27-/m0/s1. The maximum Gasteiger partial charge on any atom is 0.328 e. The Bertz CT molecular complexity index is 1010. The topological polar surface area (TPSA) is 122 Å². The molecule has 2 N–H and O–H groups in total. The second-order valence-corrected chi connectivity index (χ2v) is 17.1. The second-order valence-electron chi connectivity index (χ2n) is 14.3. The van der Waals surface area contributed by atoms with Crippen molar-refractivity contribution in [2.75, 3.05) is 19.4 Å². The molecule has 0 spiro atoms. The van der Waals surface area contributed by atoms with Crippen molar-refractivity contribution in [1.82, 2.24) is 15.5 Å². The predicted octanol–water partition coefficient (Wildman–Crippen LogP) is 3.37. The number of amides is 3. The Morgan fingerprint density at radius 1 is 1.05 bits per heavy atom. The van der Waals surface area contributed by atoms with Crippen molar-refractivity contribution in [2.45, 2.75) is 105 Å². The molecule has 1 heterocycles. The SMILES string of the molecule is COC(=O)[C@@H]1[C@@H]2C(CN1C(=O)C(NC(=O)N[C@@](C)(CC(C)C)CS(=O)(=O)C(C)(C)C)C(C)(C)C)C2(C)C. The maximum absolute atomic E-state index is 13.8. The Balaban J connectivity index is 2.29. The molecule has 0 bridgehead atoms. The zero-order valence-corrected chi connectivity index (χ0v) is 25.6. The molecule has 10 heteroatoms. The van der Waals surface area contributed by atoms with Crippen LogP contribution >= 0.6 is 0 Å². The molecule has 1 aliphatic heterocycles. The first-order valence-electron chi connectivity index (χ1n) is 13.2. The molecule has 1 saturated carbocycles. The summed E-state index contributed by atoms with van der Waals surface area (Å²) in [6.45, 7) is 20.8. The summed E-state index contributed by atoms with van der Waals surface area (Å²) in [5.41, 5.74) is -1.75. The maximum atomic E-state index is 13.8. The van der Waals surface area contributed by atoms with Crippen LogP contribution in [0.3, 0.4) is 0 Å². The number of nitrogens with one attached hydrogen (secondary N) is 2. The lowest BCUT2D eigenvalue weighted by atomic mass is 9.85. The number of hydrogen-bond donors (Lipinski definition) is 2. The van der Waals surface area contributed by atoms with Crippen molar-refractivity contribution >= 4 is 27.7 Å². The molecule has 2 unspecified atom stereocenters. The highest BCUT2D eigenvalue weighted by Gasteiger charge is 2.70. The minimum atomic E-state index is -3.53. The predicted molar refractivity (Wildman–Crippen MR) is 145 cm³/mol. The van der Waals surface area contributed by atoms with Gasteiger partial charge in [-0.15, -0.1) is 0 Å². The van der Waals surface area contributed by atoms with E-state index in [1.165, 1.54) is 7.11 Å². The van der Waals surface area contributed by atoms with Crippen LogP contribution in [0.25, 0.3) is 0 Å². The summed E-state index contributed by atoms with van der Waals surface area (Å²) in [6, 6.07) is -2.22. The molecule has 214 valence electrons. The van der Waals surface area contributed by atoms with Crippen molar-refractivity contribution in [3.05, 3.63) is 0 Å².